The zero-order valence-corrected chi connectivity index (χ0v) is 18.6. The highest BCUT2D eigenvalue weighted by Gasteiger charge is 2.31. The van der Waals surface area contributed by atoms with Crippen LogP contribution < -0.4 is 4.90 Å². The first kappa shape index (κ1) is 20.5. The van der Waals surface area contributed by atoms with Gasteiger partial charge < -0.3 is 9.32 Å². The summed E-state index contributed by atoms with van der Waals surface area (Å²) in [6.07, 6.45) is 0. The van der Waals surface area contributed by atoms with Crippen molar-refractivity contribution >= 4 is 5.69 Å². The molecule has 1 fully saturated rings. The van der Waals surface area contributed by atoms with Crippen LogP contribution in [-0.4, -0.2) is 41.3 Å². The van der Waals surface area contributed by atoms with Gasteiger partial charge in [0.15, 0.2) is 0 Å². The lowest BCUT2D eigenvalue weighted by Crippen LogP contribution is -2.48. The molecule has 1 aliphatic heterocycles. The zero-order chi connectivity index (χ0) is 21.9. The summed E-state index contributed by atoms with van der Waals surface area (Å²) in [5, 5.41) is 8.83. The molecule has 0 unspecified atom stereocenters. The molecule has 1 saturated heterocycles. The Balaban J connectivity index is 1.41. The van der Waals surface area contributed by atoms with Gasteiger partial charge in [-0.1, -0.05) is 60.7 Å². The third kappa shape index (κ3) is 4.16. The Morgan fingerprint density at radius 3 is 2.19 bits per heavy atom. The molecule has 5 rings (SSSR count). The van der Waals surface area contributed by atoms with Crippen LogP contribution in [0.3, 0.4) is 0 Å². The molecule has 4 aromatic rings. The lowest BCUT2D eigenvalue weighted by molar-refractivity contribution is 0.188. The first-order valence-corrected chi connectivity index (χ1v) is 11.2. The van der Waals surface area contributed by atoms with E-state index < -0.39 is 0 Å². The summed E-state index contributed by atoms with van der Waals surface area (Å²) in [6, 6.07) is 27.1. The molecular weight excluding hydrogens is 396 g/mol. The highest BCUT2D eigenvalue weighted by Crippen LogP contribution is 2.32. The summed E-state index contributed by atoms with van der Waals surface area (Å²) in [6.45, 7) is 8.13. The average Bonchev–Trinajstić information content (AvgIpc) is 3.32. The highest BCUT2D eigenvalue weighted by molar-refractivity contribution is 5.55. The fourth-order valence-electron chi connectivity index (χ4n) is 4.47. The highest BCUT2D eigenvalue weighted by atomic mass is 16.4. The molecule has 0 amide bonds. The van der Waals surface area contributed by atoms with Crippen LogP contribution in [0.25, 0.3) is 11.5 Å². The van der Waals surface area contributed by atoms with E-state index in [0.717, 1.165) is 31.7 Å². The molecule has 0 spiro atoms. The summed E-state index contributed by atoms with van der Waals surface area (Å²) >= 11 is 0. The van der Waals surface area contributed by atoms with E-state index in [-0.39, 0.29) is 6.04 Å². The summed E-state index contributed by atoms with van der Waals surface area (Å²) in [4.78, 5) is 4.95. The van der Waals surface area contributed by atoms with E-state index in [2.05, 4.69) is 76.3 Å². The van der Waals surface area contributed by atoms with Crippen LogP contribution in [0, 0.1) is 13.8 Å². The quantitative estimate of drug-likeness (QED) is 0.437. The minimum absolute atomic E-state index is 0.0538. The van der Waals surface area contributed by atoms with E-state index >= 15 is 0 Å². The minimum Gasteiger partial charge on any atom is -0.419 e. The molecule has 2 heterocycles. The van der Waals surface area contributed by atoms with E-state index in [0.29, 0.717) is 11.8 Å². The second kappa shape index (κ2) is 8.97. The number of hydrogen-bond acceptors (Lipinski definition) is 5. The molecule has 1 atom stereocenters. The predicted octanol–water partition coefficient (Wildman–Crippen LogP) is 5.27. The van der Waals surface area contributed by atoms with Crippen LogP contribution in [-0.2, 0) is 0 Å². The Morgan fingerprint density at radius 2 is 1.47 bits per heavy atom. The molecule has 0 aliphatic carbocycles. The van der Waals surface area contributed by atoms with Gasteiger partial charge in [-0.3, -0.25) is 4.90 Å². The molecule has 1 aromatic heterocycles. The SMILES string of the molecule is Cc1ccc(C)c(N2CCN([C@H](c3ccccc3)c3nnc(-c4ccccc4)o3)CC2)c1. The van der Waals surface area contributed by atoms with E-state index in [1.54, 1.807) is 0 Å². The van der Waals surface area contributed by atoms with Gasteiger partial charge in [0.1, 0.15) is 6.04 Å². The molecule has 32 heavy (non-hydrogen) atoms. The number of rotatable bonds is 5. The number of anilines is 1. The zero-order valence-electron chi connectivity index (χ0n) is 18.6. The van der Waals surface area contributed by atoms with Crippen molar-refractivity contribution in [2.24, 2.45) is 0 Å². The Hall–Kier alpha value is -3.44. The van der Waals surface area contributed by atoms with Gasteiger partial charge in [-0.25, -0.2) is 0 Å². The number of nitrogens with zero attached hydrogens (tertiary/aromatic N) is 4. The number of aromatic nitrogens is 2. The van der Waals surface area contributed by atoms with Crippen LogP contribution in [0.5, 0.6) is 0 Å². The van der Waals surface area contributed by atoms with Crippen LogP contribution in [0.15, 0.2) is 83.3 Å². The van der Waals surface area contributed by atoms with E-state index in [1.165, 1.54) is 22.4 Å². The van der Waals surface area contributed by atoms with Crippen LogP contribution >= 0.6 is 0 Å². The van der Waals surface area contributed by atoms with Crippen molar-refractivity contribution in [3.05, 3.63) is 101 Å². The predicted molar refractivity (Wildman–Crippen MR) is 128 cm³/mol. The summed E-state index contributed by atoms with van der Waals surface area (Å²) in [5.74, 6) is 1.21. The maximum Gasteiger partial charge on any atom is 0.247 e. The summed E-state index contributed by atoms with van der Waals surface area (Å²) in [5.41, 5.74) is 6.08. The molecule has 162 valence electrons. The molecule has 1 aliphatic rings. The van der Waals surface area contributed by atoms with Gasteiger partial charge in [0.05, 0.1) is 0 Å². The maximum atomic E-state index is 6.21. The smallest absolute Gasteiger partial charge is 0.247 e. The first-order valence-electron chi connectivity index (χ1n) is 11.2. The molecular formula is C27H28N4O. The number of aryl methyl sites for hydroxylation is 2. The molecule has 5 nitrogen and oxygen atoms in total. The first-order chi connectivity index (χ1) is 15.7. The van der Waals surface area contributed by atoms with Gasteiger partial charge in [0.2, 0.25) is 11.8 Å². The van der Waals surface area contributed by atoms with Crippen molar-refractivity contribution in [2.45, 2.75) is 19.9 Å². The normalized spacial score (nSPS) is 15.6. The maximum absolute atomic E-state index is 6.21. The van der Waals surface area contributed by atoms with E-state index in [9.17, 15) is 0 Å². The lowest BCUT2D eigenvalue weighted by atomic mass is 10.0. The Kier molecular flexibility index (Phi) is 5.73. The molecule has 0 saturated carbocycles. The van der Waals surface area contributed by atoms with Crippen molar-refractivity contribution < 1.29 is 4.42 Å². The van der Waals surface area contributed by atoms with E-state index in [1.807, 2.05) is 36.4 Å². The van der Waals surface area contributed by atoms with Gasteiger partial charge in [-0.15, -0.1) is 10.2 Å². The lowest BCUT2D eigenvalue weighted by Gasteiger charge is -2.39. The van der Waals surface area contributed by atoms with Crippen molar-refractivity contribution in [1.29, 1.82) is 0 Å². The number of piperazine rings is 1. The second-order valence-corrected chi connectivity index (χ2v) is 8.44. The monoisotopic (exact) mass is 424 g/mol. The minimum atomic E-state index is -0.0538. The Labute approximate surface area is 189 Å². The van der Waals surface area contributed by atoms with Crippen LogP contribution in [0.4, 0.5) is 5.69 Å². The van der Waals surface area contributed by atoms with Crippen molar-refractivity contribution in [3.8, 4) is 11.5 Å². The number of hydrogen-bond donors (Lipinski definition) is 0. The van der Waals surface area contributed by atoms with Crippen molar-refractivity contribution in [1.82, 2.24) is 15.1 Å². The van der Waals surface area contributed by atoms with Crippen LogP contribution in [0.2, 0.25) is 0 Å². The fraction of sp³-hybridized carbons (Fsp3) is 0.259. The largest absolute Gasteiger partial charge is 0.419 e. The van der Waals surface area contributed by atoms with Gasteiger partial charge >= 0.3 is 0 Å². The van der Waals surface area contributed by atoms with Gasteiger partial charge in [-0.2, -0.15) is 0 Å². The van der Waals surface area contributed by atoms with Crippen molar-refractivity contribution in [2.75, 3.05) is 31.1 Å². The third-order valence-corrected chi connectivity index (χ3v) is 6.20. The van der Waals surface area contributed by atoms with Crippen molar-refractivity contribution in [3.63, 3.8) is 0 Å². The average molecular weight is 425 g/mol. The number of benzene rings is 3. The van der Waals surface area contributed by atoms with E-state index in [4.69, 9.17) is 4.42 Å². The standard InChI is InChI=1S/C27H28N4O/c1-20-13-14-21(2)24(19-20)30-15-17-31(18-16-30)25(22-9-5-3-6-10-22)27-29-28-26(32-27)23-11-7-4-8-12-23/h3-14,19,25H,15-18H2,1-2H3/t25-/m1/s1. The second-order valence-electron chi connectivity index (χ2n) is 8.44. The molecule has 0 bridgehead atoms. The van der Waals surface area contributed by atoms with Gasteiger partial charge in [0.25, 0.3) is 0 Å². The summed E-state index contributed by atoms with van der Waals surface area (Å²) in [7, 11) is 0. The molecule has 0 N–H and O–H groups in total. The van der Waals surface area contributed by atoms with Gasteiger partial charge in [0, 0.05) is 37.4 Å². The molecule has 5 heteroatoms. The van der Waals surface area contributed by atoms with Gasteiger partial charge in [-0.05, 0) is 48.7 Å². The van der Waals surface area contributed by atoms with Crippen LogP contribution in [0.1, 0.15) is 28.6 Å². The molecule has 0 radical (unpaired) electrons. The third-order valence-electron chi connectivity index (χ3n) is 6.20. The summed E-state index contributed by atoms with van der Waals surface area (Å²) < 4.78 is 6.21. The fourth-order valence-corrected chi connectivity index (χ4v) is 4.47. The Bertz CT molecular complexity index is 1160. The Morgan fingerprint density at radius 1 is 0.781 bits per heavy atom. The topological polar surface area (TPSA) is 45.4 Å². The molecule has 3 aromatic carbocycles.